The molecule has 0 aliphatic heterocycles. The van der Waals surface area contributed by atoms with Crippen molar-refractivity contribution in [3.05, 3.63) is 29.8 Å². The SMILES string of the molecule is COCCCC(N)C(=O)c1ccc(OC2CC2)cc1. The van der Waals surface area contributed by atoms with Gasteiger partial charge in [0.05, 0.1) is 12.1 Å². The highest BCUT2D eigenvalue weighted by molar-refractivity contribution is 6.00. The van der Waals surface area contributed by atoms with E-state index in [4.69, 9.17) is 15.2 Å². The van der Waals surface area contributed by atoms with Crippen molar-refractivity contribution in [1.82, 2.24) is 0 Å². The quantitative estimate of drug-likeness (QED) is 0.576. The largest absolute Gasteiger partial charge is 0.490 e. The number of methoxy groups -OCH3 is 1. The van der Waals surface area contributed by atoms with Crippen molar-refractivity contribution in [3.63, 3.8) is 0 Å². The number of Topliss-reactive ketones (excluding diaryl/α,β-unsaturated/α-hetero) is 1. The minimum absolute atomic E-state index is 0.0194. The molecule has 0 heterocycles. The van der Waals surface area contributed by atoms with Crippen LogP contribution in [-0.4, -0.2) is 31.6 Å². The summed E-state index contributed by atoms with van der Waals surface area (Å²) < 4.78 is 10.6. The van der Waals surface area contributed by atoms with E-state index in [9.17, 15) is 4.79 Å². The third-order valence-electron chi connectivity index (χ3n) is 3.17. The molecule has 4 nitrogen and oxygen atoms in total. The summed E-state index contributed by atoms with van der Waals surface area (Å²) in [5, 5.41) is 0. The third-order valence-corrected chi connectivity index (χ3v) is 3.17. The van der Waals surface area contributed by atoms with Gasteiger partial charge in [0.1, 0.15) is 5.75 Å². The summed E-state index contributed by atoms with van der Waals surface area (Å²) in [4.78, 5) is 12.1. The number of hydrogen-bond donors (Lipinski definition) is 1. The molecule has 1 fully saturated rings. The Bertz CT molecular complexity index is 412. The first kappa shape index (κ1) is 14.0. The van der Waals surface area contributed by atoms with Crippen LogP contribution in [0.1, 0.15) is 36.0 Å². The maximum absolute atomic E-state index is 12.1. The number of benzene rings is 1. The van der Waals surface area contributed by atoms with Gasteiger partial charge in [0.25, 0.3) is 0 Å². The van der Waals surface area contributed by atoms with Crippen LogP contribution >= 0.6 is 0 Å². The molecule has 0 bridgehead atoms. The molecule has 19 heavy (non-hydrogen) atoms. The summed E-state index contributed by atoms with van der Waals surface area (Å²) >= 11 is 0. The Hall–Kier alpha value is -1.39. The first-order valence-electron chi connectivity index (χ1n) is 6.76. The number of ether oxygens (including phenoxy) is 2. The summed E-state index contributed by atoms with van der Waals surface area (Å²) in [7, 11) is 1.64. The maximum Gasteiger partial charge on any atom is 0.179 e. The van der Waals surface area contributed by atoms with Crippen molar-refractivity contribution < 1.29 is 14.3 Å². The predicted molar refractivity (Wildman–Crippen MR) is 73.5 cm³/mol. The Labute approximate surface area is 113 Å². The number of rotatable bonds is 8. The lowest BCUT2D eigenvalue weighted by molar-refractivity contribution is 0.0950. The normalized spacial score (nSPS) is 16.1. The van der Waals surface area contributed by atoms with E-state index < -0.39 is 6.04 Å². The molecule has 1 aromatic carbocycles. The zero-order valence-electron chi connectivity index (χ0n) is 11.3. The molecule has 1 saturated carbocycles. The van der Waals surface area contributed by atoms with Crippen LogP contribution in [-0.2, 0) is 4.74 Å². The molecule has 0 aromatic heterocycles. The van der Waals surface area contributed by atoms with E-state index >= 15 is 0 Å². The maximum atomic E-state index is 12.1. The minimum atomic E-state index is -0.453. The molecule has 0 spiro atoms. The van der Waals surface area contributed by atoms with Gasteiger partial charge >= 0.3 is 0 Å². The van der Waals surface area contributed by atoms with Crippen LogP contribution in [0.3, 0.4) is 0 Å². The Morgan fingerprint density at radius 1 is 1.37 bits per heavy atom. The first-order valence-corrected chi connectivity index (χ1v) is 6.76. The van der Waals surface area contributed by atoms with Crippen LogP contribution in [0.25, 0.3) is 0 Å². The van der Waals surface area contributed by atoms with Gasteiger partial charge in [0.15, 0.2) is 5.78 Å². The Morgan fingerprint density at radius 2 is 2.05 bits per heavy atom. The number of nitrogens with two attached hydrogens (primary N) is 1. The van der Waals surface area contributed by atoms with Gasteiger partial charge in [0, 0.05) is 19.3 Å². The molecule has 1 unspecified atom stereocenters. The third kappa shape index (κ3) is 4.33. The highest BCUT2D eigenvalue weighted by atomic mass is 16.5. The standard InChI is InChI=1S/C15H21NO3/c1-18-10-2-3-14(16)15(17)11-4-6-12(7-5-11)19-13-8-9-13/h4-7,13-14H,2-3,8-10,16H2,1H3. The van der Waals surface area contributed by atoms with Crippen molar-refractivity contribution >= 4 is 5.78 Å². The molecule has 2 N–H and O–H groups in total. The Balaban J connectivity index is 1.86. The van der Waals surface area contributed by atoms with Crippen molar-refractivity contribution in [2.75, 3.05) is 13.7 Å². The Morgan fingerprint density at radius 3 is 2.63 bits per heavy atom. The molecule has 0 saturated heterocycles. The molecular weight excluding hydrogens is 242 g/mol. The fraction of sp³-hybridized carbons (Fsp3) is 0.533. The van der Waals surface area contributed by atoms with Crippen molar-refractivity contribution in [2.45, 2.75) is 37.8 Å². The van der Waals surface area contributed by atoms with Crippen molar-refractivity contribution in [3.8, 4) is 5.75 Å². The molecule has 1 atom stereocenters. The van der Waals surface area contributed by atoms with E-state index in [2.05, 4.69) is 0 Å². The molecule has 2 rings (SSSR count). The highest BCUT2D eigenvalue weighted by Crippen LogP contribution is 2.26. The zero-order valence-corrected chi connectivity index (χ0v) is 11.3. The number of carbonyl (C=O) groups excluding carboxylic acids is 1. The second-order valence-electron chi connectivity index (χ2n) is 4.95. The van der Waals surface area contributed by atoms with Crippen molar-refractivity contribution in [2.24, 2.45) is 5.73 Å². The lowest BCUT2D eigenvalue weighted by atomic mass is 10.0. The highest BCUT2D eigenvalue weighted by Gasteiger charge is 2.23. The van der Waals surface area contributed by atoms with E-state index in [0.717, 1.165) is 25.0 Å². The van der Waals surface area contributed by atoms with E-state index in [0.29, 0.717) is 24.7 Å². The summed E-state index contributed by atoms with van der Waals surface area (Å²) in [6.45, 7) is 0.634. The first-order chi connectivity index (χ1) is 9.20. The van der Waals surface area contributed by atoms with Crippen molar-refractivity contribution in [1.29, 1.82) is 0 Å². The van der Waals surface area contributed by atoms with Crippen LogP contribution in [0.4, 0.5) is 0 Å². The van der Waals surface area contributed by atoms with E-state index in [1.165, 1.54) is 0 Å². The van der Waals surface area contributed by atoms with Gasteiger partial charge in [-0.2, -0.15) is 0 Å². The smallest absolute Gasteiger partial charge is 0.179 e. The zero-order chi connectivity index (χ0) is 13.7. The second-order valence-corrected chi connectivity index (χ2v) is 4.95. The molecule has 4 heteroatoms. The van der Waals surface area contributed by atoms with Gasteiger partial charge in [0.2, 0.25) is 0 Å². The Kier molecular flexibility index (Phi) is 4.93. The molecule has 0 radical (unpaired) electrons. The molecular formula is C15H21NO3. The van der Waals surface area contributed by atoms with Gasteiger partial charge in [-0.1, -0.05) is 0 Å². The fourth-order valence-corrected chi connectivity index (χ4v) is 1.87. The lowest BCUT2D eigenvalue weighted by Gasteiger charge is -2.11. The fourth-order valence-electron chi connectivity index (χ4n) is 1.87. The average Bonchev–Trinajstić information content (AvgIpc) is 3.23. The molecule has 1 aromatic rings. The van der Waals surface area contributed by atoms with Gasteiger partial charge in [-0.05, 0) is 49.9 Å². The van der Waals surface area contributed by atoms with Crippen LogP contribution in [0.15, 0.2) is 24.3 Å². The molecule has 1 aliphatic carbocycles. The lowest BCUT2D eigenvalue weighted by Crippen LogP contribution is -2.30. The predicted octanol–water partition coefficient (Wildman–Crippen LogP) is 2.16. The molecule has 104 valence electrons. The monoisotopic (exact) mass is 263 g/mol. The van der Waals surface area contributed by atoms with Gasteiger partial charge in [-0.15, -0.1) is 0 Å². The van der Waals surface area contributed by atoms with Crippen LogP contribution in [0, 0.1) is 0 Å². The number of ketones is 1. The van der Waals surface area contributed by atoms with Gasteiger partial charge in [-0.3, -0.25) is 4.79 Å². The average molecular weight is 263 g/mol. The van der Waals surface area contributed by atoms with E-state index in [1.54, 1.807) is 19.2 Å². The number of hydrogen-bond acceptors (Lipinski definition) is 4. The van der Waals surface area contributed by atoms with Crippen LogP contribution in [0.2, 0.25) is 0 Å². The van der Waals surface area contributed by atoms with Crippen LogP contribution in [0.5, 0.6) is 5.75 Å². The second kappa shape index (κ2) is 6.68. The van der Waals surface area contributed by atoms with Gasteiger partial charge < -0.3 is 15.2 Å². The summed E-state index contributed by atoms with van der Waals surface area (Å²) in [5.41, 5.74) is 6.53. The summed E-state index contributed by atoms with van der Waals surface area (Å²) in [6, 6.07) is 6.80. The molecule has 0 amide bonds. The summed E-state index contributed by atoms with van der Waals surface area (Å²) in [6.07, 6.45) is 4.08. The summed E-state index contributed by atoms with van der Waals surface area (Å²) in [5.74, 6) is 0.807. The van der Waals surface area contributed by atoms with E-state index in [1.807, 2.05) is 12.1 Å². The van der Waals surface area contributed by atoms with Gasteiger partial charge in [-0.25, -0.2) is 0 Å². The molecule has 1 aliphatic rings. The van der Waals surface area contributed by atoms with E-state index in [-0.39, 0.29) is 5.78 Å². The topological polar surface area (TPSA) is 61.5 Å². The van der Waals surface area contributed by atoms with Crippen LogP contribution < -0.4 is 10.5 Å². The minimum Gasteiger partial charge on any atom is -0.490 e. The number of carbonyl (C=O) groups is 1.